The van der Waals surface area contributed by atoms with Crippen LogP contribution in [0.4, 0.5) is 5.69 Å². The number of benzene rings is 2. The van der Waals surface area contributed by atoms with E-state index in [1.54, 1.807) is 29.2 Å². The minimum atomic E-state index is -0.328. The van der Waals surface area contributed by atoms with Crippen LogP contribution in [0.3, 0.4) is 0 Å². The predicted molar refractivity (Wildman–Crippen MR) is 103 cm³/mol. The van der Waals surface area contributed by atoms with Crippen LogP contribution in [0.25, 0.3) is 11.0 Å². The van der Waals surface area contributed by atoms with Crippen molar-refractivity contribution in [3.05, 3.63) is 65.4 Å². The molecule has 2 aromatic carbocycles. The standard InChI is InChI=1S/C21H22N2O3/c1-4-23(5-2)21(25)15-9-8-10-16(13-15)22-20(24)19-14(3)17-11-6-7-12-18(17)26-19/h6-13H,4-5H2,1-3H3,(H,22,24). The number of furan rings is 1. The molecule has 0 aliphatic rings. The second kappa shape index (κ2) is 7.44. The zero-order valence-electron chi connectivity index (χ0n) is 15.2. The van der Waals surface area contributed by atoms with Crippen LogP contribution in [0.5, 0.6) is 0 Å². The number of carbonyl (C=O) groups is 2. The van der Waals surface area contributed by atoms with Gasteiger partial charge in [-0.05, 0) is 45.0 Å². The molecule has 2 amide bonds. The Bertz CT molecular complexity index is 955. The molecule has 0 aliphatic carbocycles. The van der Waals surface area contributed by atoms with Crippen LogP contribution in [-0.4, -0.2) is 29.8 Å². The highest BCUT2D eigenvalue weighted by Gasteiger charge is 2.18. The highest BCUT2D eigenvalue weighted by Crippen LogP contribution is 2.25. The van der Waals surface area contributed by atoms with E-state index in [2.05, 4.69) is 5.32 Å². The van der Waals surface area contributed by atoms with Crippen LogP contribution in [0.2, 0.25) is 0 Å². The summed E-state index contributed by atoms with van der Waals surface area (Å²) in [7, 11) is 0. The summed E-state index contributed by atoms with van der Waals surface area (Å²) in [6.45, 7) is 7.03. The van der Waals surface area contributed by atoms with E-state index in [4.69, 9.17) is 4.42 Å². The average Bonchev–Trinajstić information content (AvgIpc) is 3.00. The smallest absolute Gasteiger partial charge is 0.291 e. The highest BCUT2D eigenvalue weighted by atomic mass is 16.3. The molecule has 1 N–H and O–H groups in total. The molecule has 0 spiro atoms. The van der Waals surface area contributed by atoms with Crippen molar-refractivity contribution < 1.29 is 14.0 Å². The Labute approximate surface area is 152 Å². The first-order valence-corrected chi connectivity index (χ1v) is 8.74. The minimum absolute atomic E-state index is 0.0500. The van der Waals surface area contributed by atoms with Gasteiger partial charge in [0.15, 0.2) is 5.76 Å². The molecule has 0 aliphatic heterocycles. The van der Waals surface area contributed by atoms with Gasteiger partial charge >= 0.3 is 0 Å². The summed E-state index contributed by atoms with van der Waals surface area (Å²) in [4.78, 5) is 26.9. The Balaban J connectivity index is 1.84. The van der Waals surface area contributed by atoms with E-state index in [1.165, 1.54) is 0 Å². The lowest BCUT2D eigenvalue weighted by Gasteiger charge is -2.18. The molecule has 1 aromatic heterocycles. The Kier molecular flexibility index (Phi) is 5.07. The van der Waals surface area contributed by atoms with Crippen molar-refractivity contribution in [1.29, 1.82) is 0 Å². The molecular weight excluding hydrogens is 328 g/mol. The van der Waals surface area contributed by atoms with Gasteiger partial charge in [0, 0.05) is 35.3 Å². The minimum Gasteiger partial charge on any atom is -0.451 e. The molecule has 3 rings (SSSR count). The monoisotopic (exact) mass is 350 g/mol. The summed E-state index contributed by atoms with van der Waals surface area (Å²) >= 11 is 0. The lowest BCUT2D eigenvalue weighted by atomic mass is 10.1. The number of para-hydroxylation sites is 1. The van der Waals surface area contributed by atoms with Crippen LogP contribution in [-0.2, 0) is 0 Å². The van der Waals surface area contributed by atoms with Crippen LogP contribution in [0.1, 0.15) is 40.3 Å². The average molecular weight is 350 g/mol. The fraction of sp³-hybridized carbons (Fsp3) is 0.238. The molecule has 0 saturated heterocycles. The highest BCUT2D eigenvalue weighted by molar-refractivity contribution is 6.07. The van der Waals surface area contributed by atoms with E-state index in [0.717, 1.165) is 10.9 Å². The van der Waals surface area contributed by atoms with E-state index in [0.29, 0.717) is 29.9 Å². The van der Waals surface area contributed by atoms with Gasteiger partial charge in [0.2, 0.25) is 0 Å². The van der Waals surface area contributed by atoms with Gasteiger partial charge in [-0.15, -0.1) is 0 Å². The van der Waals surface area contributed by atoms with Crippen molar-refractivity contribution in [1.82, 2.24) is 4.90 Å². The van der Waals surface area contributed by atoms with Crippen LogP contribution in [0, 0.1) is 6.92 Å². The van der Waals surface area contributed by atoms with Gasteiger partial charge < -0.3 is 14.6 Å². The molecule has 0 saturated carbocycles. The molecule has 0 unspecified atom stereocenters. The van der Waals surface area contributed by atoms with E-state index in [1.807, 2.05) is 45.0 Å². The fourth-order valence-electron chi connectivity index (χ4n) is 3.00. The number of nitrogens with zero attached hydrogens (tertiary/aromatic N) is 1. The van der Waals surface area contributed by atoms with E-state index < -0.39 is 0 Å². The van der Waals surface area contributed by atoms with Gasteiger partial charge in [0.05, 0.1) is 0 Å². The topological polar surface area (TPSA) is 62.6 Å². The van der Waals surface area contributed by atoms with Gasteiger partial charge in [-0.1, -0.05) is 24.3 Å². The van der Waals surface area contributed by atoms with Gasteiger partial charge in [-0.3, -0.25) is 9.59 Å². The molecule has 1 heterocycles. The molecule has 5 nitrogen and oxygen atoms in total. The van der Waals surface area contributed by atoms with Gasteiger partial charge in [-0.2, -0.15) is 0 Å². The second-order valence-electron chi connectivity index (χ2n) is 6.06. The van der Waals surface area contributed by atoms with Gasteiger partial charge in [0.1, 0.15) is 5.58 Å². The third-order valence-electron chi connectivity index (χ3n) is 4.47. The number of amides is 2. The number of anilines is 1. The predicted octanol–water partition coefficient (Wildman–Crippen LogP) is 4.48. The number of rotatable bonds is 5. The van der Waals surface area contributed by atoms with Crippen molar-refractivity contribution in [2.75, 3.05) is 18.4 Å². The number of fused-ring (bicyclic) bond motifs is 1. The molecule has 5 heteroatoms. The number of carbonyl (C=O) groups excluding carboxylic acids is 2. The van der Waals surface area contributed by atoms with Crippen LogP contribution in [0.15, 0.2) is 52.9 Å². The summed E-state index contributed by atoms with van der Waals surface area (Å²) in [6, 6.07) is 14.5. The number of hydrogen-bond acceptors (Lipinski definition) is 3. The molecule has 0 atom stereocenters. The van der Waals surface area contributed by atoms with Crippen molar-refractivity contribution in [2.24, 2.45) is 0 Å². The molecule has 0 fully saturated rings. The van der Waals surface area contributed by atoms with E-state index >= 15 is 0 Å². The molecule has 0 radical (unpaired) electrons. The normalized spacial score (nSPS) is 10.7. The van der Waals surface area contributed by atoms with Crippen molar-refractivity contribution in [3.8, 4) is 0 Å². The summed E-state index contributed by atoms with van der Waals surface area (Å²) in [5.41, 5.74) is 2.59. The summed E-state index contributed by atoms with van der Waals surface area (Å²) < 4.78 is 5.70. The number of aryl methyl sites for hydroxylation is 1. The van der Waals surface area contributed by atoms with Crippen molar-refractivity contribution in [2.45, 2.75) is 20.8 Å². The largest absolute Gasteiger partial charge is 0.451 e. The first-order chi connectivity index (χ1) is 12.5. The SMILES string of the molecule is CCN(CC)C(=O)c1cccc(NC(=O)c2oc3ccccc3c2C)c1. The Morgan fingerprint density at radius 3 is 2.46 bits per heavy atom. The van der Waals surface area contributed by atoms with E-state index in [9.17, 15) is 9.59 Å². The summed E-state index contributed by atoms with van der Waals surface area (Å²) in [5.74, 6) is -0.0937. The first-order valence-electron chi connectivity index (χ1n) is 8.74. The summed E-state index contributed by atoms with van der Waals surface area (Å²) in [5, 5.41) is 3.75. The number of hydrogen-bond donors (Lipinski definition) is 1. The van der Waals surface area contributed by atoms with Crippen molar-refractivity contribution in [3.63, 3.8) is 0 Å². The van der Waals surface area contributed by atoms with Crippen LogP contribution < -0.4 is 5.32 Å². The summed E-state index contributed by atoms with van der Waals surface area (Å²) in [6.07, 6.45) is 0. The zero-order chi connectivity index (χ0) is 18.7. The third-order valence-corrected chi connectivity index (χ3v) is 4.47. The second-order valence-corrected chi connectivity index (χ2v) is 6.06. The lowest BCUT2D eigenvalue weighted by molar-refractivity contribution is 0.0772. The fourth-order valence-corrected chi connectivity index (χ4v) is 3.00. The molecule has 134 valence electrons. The Hall–Kier alpha value is -3.08. The first kappa shape index (κ1) is 17.7. The van der Waals surface area contributed by atoms with Gasteiger partial charge in [-0.25, -0.2) is 0 Å². The Morgan fingerprint density at radius 2 is 1.77 bits per heavy atom. The molecular formula is C21H22N2O3. The third kappa shape index (κ3) is 3.33. The van der Waals surface area contributed by atoms with E-state index in [-0.39, 0.29) is 17.6 Å². The maximum Gasteiger partial charge on any atom is 0.291 e. The maximum absolute atomic E-state index is 12.6. The molecule has 3 aromatic rings. The van der Waals surface area contributed by atoms with Gasteiger partial charge in [0.25, 0.3) is 11.8 Å². The zero-order valence-corrected chi connectivity index (χ0v) is 15.2. The van der Waals surface area contributed by atoms with Crippen molar-refractivity contribution >= 4 is 28.5 Å². The van der Waals surface area contributed by atoms with Crippen LogP contribution >= 0.6 is 0 Å². The molecule has 26 heavy (non-hydrogen) atoms. The Morgan fingerprint density at radius 1 is 1.04 bits per heavy atom. The lowest BCUT2D eigenvalue weighted by Crippen LogP contribution is -2.30. The maximum atomic E-state index is 12.6. The molecule has 0 bridgehead atoms. The quantitative estimate of drug-likeness (QED) is 0.738. The number of nitrogens with one attached hydrogen (secondary N) is 1.